The summed E-state index contributed by atoms with van der Waals surface area (Å²) in [5.41, 5.74) is 3.96. The molecule has 84 valence electrons. The van der Waals surface area contributed by atoms with Crippen molar-refractivity contribution in [2.75, 3.05) is 0 Å². The molecule has 0 saturated carbocycles. The molecule has 0 aliphatic heterocycles. The lowest BCUT2D eigenvalue weighted by Crippen LogP contribution is -1.93. The molecule has 0 aromatic carbocycles. The average Bonchev–Trinajstić information content (AvgIpc) is 2.74. The van der Waals surface area contributed by atoms with Gasteiger partial charge in [0.15, 0.2) is 0 Å². The second-order valence-electron chi connectivity index (χ2n) is 3.66. The molecule has 0 fully saturated rings. The fourth-order valence-corrected chi connectivity index (χ4v) is 2.34. The molecule has 0 unspecified atom stereocenters. The number of halogens is 2. The van der Waals surface area contributed by atoms with Crippen molar-refractivity contribution in [3.8, 4) is 0 Å². The first-order valence-electron chi connectivity index (χ1n) is 5.08. The quantitative estimate of drug-likeness (QED) is 0.586. The van der Waals surface area contributed by atoms with Crippen LogP contribution < -0.4 is 0 Å². The molecule has 0 spiro atoms. The Bertz CT molecular complexity index is 623. The Labute approximate surface area is 108 Å². The summed E-state index contributed by atoms with van der Waals surface area (Å²) >= 11 is 11.8. The predicted octanol–water partition coefficient (Wildman–Crippen LogP) is 3.17. The van der Waals surface area contributed by atoms with Gasteiger partial charge in [-0.1, -0.05) is 17.7 Å². The lowest BCUT2D eigenvalue weighted by atomic mass is 10.1. The van der Waals surface area contributed by atoms with Gasteiger partial charge in [0.2, 0.25) is 5.28 Å². The maximum atomic E-state index is 6.05. The van der Waals surface area contributed by atoms with Gasteiger partial charge in [0.05, 0.1) is 5.69 Å². The fraction of sp³-hybridized carbons (Fsp3) is 0.0833. The first kappa shape index (κ1) is 10.7. The smallest absolute Gasteiger partial charge is 0.222 e. The third kappa shape index (κ3) is 1.81. The Balaban J connectivity index is 2.12. The minimum absolute atomic E-state index is 0.247. The fourth-order valence-electron chi connectivity index (χ4n) is 1.95. The SMILES string of the molecule is Clc1nccc(C2=CCc3c2ccnc3Cl)n1. The van der Waals surface area contributed by atoms with Gasteiger partial charge in [-0.3, -0.25) is 0 Å². The molecule has 0 radical (unpaired) electrons. The van der Waals surface area contributed by atoms with Crippen LogP contribution >= 0.6 is 23.2 Å². The number of hydrogen-bond acceptors (Lipinski definition) is 3. The van der Waals surface area contributed by atoms with Gasteiger partial charge >= 0.3 is 0 Å². The largest absolute Gasteiger partial charge is 0.244 e. The molecule has 0 bridgehead atoms. The molecule has 0 atom stereocenters. The van der Waals surface area contributed by atoms with Crippen molar-refractivity contribution >= 4 is 28.8 Å². The van der Waals surface area contributed by atoms with Crippen LogP contribution in [0.5, 0.6) is 0 Å². The summed E-state index contributed by atoms with van der Waals surface area (Å²) in [6.07, 6.45) is 6.20. The molecule has 0 N–H and O–H groups in total. The van der Waals surface area contributed by atoms with E-state index >= 15 is 0 Å². The zero-order chi connectivity index (χ0) is 11.8. The van der Waals surface area contributed by atoms with Crippen molar-refractivity contribution < 1.29 is 0 Å². The van der Waals surface area contributed by atoms with Gasteiger partial charge in [-0.2, -0.15) is 0 Å². The Morgan fingerprint density at radius 2 is 1.88 bits per heavy atom. The van der Waals surface area contributed by atoms with Crippen molar-refractivity contribution in [2.45, 2.75) is 6.42 Å². The van der Waals surface area contributed by atoms with Gasteiger partial charge in [-0.15, -0.1) is 0 Å². The molecule has 1 aliphatic carbocycles. The molecule has 0 amide bonds. The van der Waals surface area contributed by atoms with Crippen LogP contribution in [-0.4, -0.2) is 15.0 Å². The van der Waals surface area contributed by atoms with Crippen LogP contribution in [0, 0.1) is 0 Å². The number of nitrogens with zero attached hydrogens (tertiary/aromatic N) is 3. The second kappa shape index (κ2) is 4.09. The van der Waals surface area contributed by atoms with Crippen molar-refractivity contribution in [2.24, 2.45) is 0 Å². The van der Waals surface area contributed by atoms with Crippen LogP contribution in [0.25, 0.3) is 5.57 Å². The van der Waals surface area contributed by atoms with Crippen LogP contribution in [0.1, 0.15) is 16.8 Å². The molecular weight excluding hydrogens is 257 g/mol. The third-order valence-corrected chi connectivity index (χ3v) is 3.21. The zero-order valence-corrected chi connectivity index (χ0v) is 10.2. The number of allylic oxidation sites excluding steroid dienone is 1. The summed E-state index contributed by atoms with van der Waals surface area (Å²) in [5, 5.41) is 0.797. The standard InChI is InChI=1S/C12H7Cl2N3/c13-11-9-2-1-8(7(9)3-5-15-11)10-4-6-16-12(14)17-10/h1,3-6H,2H2. The van der Waals surface area contributed by atoms with E-state index in [4.69, 9.17) is 23.2 Å². The number of aromatic nitrogens is 3. The highest BCUT2D eigenvalue weighted by atomic mass is 35.5. The van der Waals surface area contributed by atoms with Crippen LogP contribution in [0.15, 0.2) is 30.6 Å². The van der Waals surface area contributed by atoms with Crippen LogP contribution in [0.2, 0.25) is 10.4 Å². The highest BCUT2D eigenvalue weighted by molar-refractivity contribution is 6.30. The monoisotopic (exact) mass is 263 g/mol. The highest BCUT2D eigenvalue weighted by Gasteiger charge is 2.19. The first-order valence-corrected chi connectivity index (χ1v) is 5.84. The predicted molar refractivity (Wildman–Crippen MR) is 67.1 cm³/mol. The lowest BCUT2D eigenvalue weighted by molar-refractivity contribution is 1.14. The number of pyridine rings is 1. The summed E-state index contributed by atoms with van der Waals surface area (Å²) in [6.45, 7) is 0. The van der Waals surface area contributed by atoms with E-state index in [0.29, 0.717) is 5.15 Å². The number of fused-ring (bicyclic) bond motifs is 1. The van der Waals surface area contributed by atoms with Gasteiger partial charge in [0.25, 0.3) is 0 Å². The molecule has 3 nitrogen and oxygen atoms in total. The molecule has 17 heavy (non-hydrogen) atoms. The molecular formula is C12H7Cl2N3. The molecule has 1 aliphatic rings. The minimum atomic E-state index is 0.247. The maximum Gasteiger partial charge on any atom is 0.222 e. The van der Waals surface area contributed by atoms with Crippen LogP contribution in [-0.2, 0) is 6.42 Å². The van der Waals surface area contributed by atoms with Crippen molar-refractivity contribution in [1.82, 2.24) is 15.0 Å². The molecule has 2 heterocycles. The Morgan fingerprint density at radius 1 is 1.06 bits per heavy atom. The Kier molecular flexibility index (Phi) is 2.57. The van der Waals surface area contributed by atoms with Gasteiger partial charge in [0, 0.05) is 23.5 Å². The van der Waals surface area contributed by atoms with E-state index in [1.807, 2.05) is 12.1 Å². The van der Waals surface area contributed by atoms with E-state index in [0.717, 1.165) is 28.8 Å². The van der Waals surface area contributed by atoms with Crippen molar-refractivity contribution in [1.29, 1.82) is 0 Å². The van der Waals surface area contributed by atoms with E-state index < -0.39 is 0 Å². The molecule has 3 rings (SSSR count). The lowest BCUT2D eigenvalue weighted by Gasteiger charge is -2.05. The molecule has 2 aromatic rings. The zero-order valence-electron chi connectivity index (χ0n) is 8.69. The summed E-state index contributed by atoms with van der Waals surface area (Å²) < 4.78 is 0. The van der Waals surface area contributed by atoms with E-state index in [9.17, 15) is 0 Å². The number of rotatable bonds is 1. The topological polar surface area (TPSA) is 38.7 Å². The van der Waals surface area contributed by atoms with Gasteiger partial charge in [0.1, 0.15) is 5.15 Å². The maximum absolute atomic E-state index is 6.05. The third-order valence-electron chi connectivity index (χ3n) is 2.71. The summed E-state index contributed by atoms with van der Waals surface area (Å²) in [4.78, 5) is 12.1. The Morgan fingerprint density at radius 3 is 2.71 bits per heavy atom. The van der Waals surface area contributed by atoms with Gasteiger partial charge in [-0.25, -0.2) is 15.0 Å². The minimum Gasteiger partial charge on any atom is -0.244 e. The summed E-state index contributed by atoms with van der Waals surface area (Å²) in [6, 6.07) is 3.78. The van der Waals surface area contributed by atoms with E-state index in [1.54, 1.807) is 12.4 Å². The number of hydrogen-bond donors (Lipinski definition) is 0. The molecule has 2 aromatic heterocycles. The first-order chi connectivity index (χ1) is 8.25. The van der Waals surface area contributed by atoms with Gasteiger partial charge in [-0.05, 0) is 35.7 Å². The summed E-state index contributed by atoms with van der Waals surface area (Å²) in [5.74, 6) is 0. The molecule has 5 heteroatoms. The van der Waals surface area contributed by atoms with Gasteiger partial charge < -0.3 is 0 Å². The van der Waals surface area contributed by atoms with Crippen LogP contribution in [0.4, 0.5) is 0 Å². The normalized spacial score (nSPS) is 13.4. The van der Waals surface area contributed by atoms with E-state index in [-0.39, 0.29) is 5.28 Å². The average molecular weight is 264 g/mol. The van der Waals surface area contributed by atoms with Crippen molar-refractivity contribution in [3.05, 3.63) is 57.9 Å². The highest BCUT2D eigenvalue weighted by Crippen LogP contribution is 2.34. The van der Waals surface area contributed by atoms with E-state index in [2.05, 4.69) is 21.0 Å². The molecule has 0 saturated heterocycles. The second-order valence-corrected chi connectivity index (χ2v) is 4.36. The van der Waals surface area contributed by atoms with Crippen molar-refractivity contribution in [3.63, 3.8) is 0 Å². The van der Waals surface area contributed by atoms with Crippen LogP contribution in [0.3, 0.4) is 0 Å². The Hall–Kier alpha value is -1.45. The van der Waals surface area contributed by atoms with E-state index in [1.165, 1.54) is 0 Å². The summed E-state index contributed by atoms with van der Waals surface area (Å²) in [7, 11) is 0.